The van der Waals surface area contributed by atoms with Crippen LogP contribution < -0.4 is 0 Å². The fourth-order valence-corrected chi connectivity index (χ4v) is 6.97. The number of aromatic nitrogens is 1. The van der Waals surface area contributed by atoms with Gasteiger partial charge in [-0.3, -0.25) is 4.79 Å². The SMILES string of the molecule is CC#CCN(CCCC(=O)c1cc2ccccc2n1S(=O)(=O)c1ccccc1)S(=O)(=O)c1ccccc1. The normalized spacial score (nSPS) is 11.8. The number of benzene rings is 3. The van der Waals surface area contributed by atoms with Crippen LogP contribution in [0.2, 0.25) is 0 Å². The lowest BCUT2D eigenvalue weighted by Crippen LogP contribution is -2.33. The van der Waals surface area contributed by atoms with Crippen molar-refractivity contribution >= 4 is 36.7 Å². The summed E-state index contributed by atoms with van der Waals surface area (Å²) >= 11 is 0. The van der Waals surface area contributed by atoms with Crippen LogP contribution in [-0.4, -0.2) is 44.0 Å². The fourth-order valence-electron chi connectivity index (χ4n) is 4.02. The largest absolute Gasteiger partial charge is 0.292 e. The van der Waals surface area contributed by atoms with Crippen LogP contribution in [0.3, 0.4) is 0 Å². The van der Waals surface area contributed by atoms with E-state index >= 15 is 0 Å². The smallest absolute Gasteiger partial charge is 0.268 e. The van der Waals surface area contributed by atoms with E-state index in [1.807, 2.05) is 0 Å². The van der Waals surface area contributed by atoms with Gasteiger partial charge in [0.25, 0.3) is 10.0 Å². The van der Waals surface area contributed by atoms with Gasteiger partial charge >= 0.3 is 0 Å². The summed E-state index contributed by atoms with van der Waals surface area (Å²) in [6, 6.07) is 24.5. The maximum Gasteiger partial charge on any atom is 0.268 e. The molecule has 37 heavy (non-hydrogen) atoms. The quantitative estimate of drug-likeness (QED) is 0.220. The molecule has 9 heteroatoms. The summed E-state index contributed by atoms with van der Waals surface area (Å²) in [4.78, 5) is 13.6. The number of ketones is 1. The van der Waals surface area contributed by atoms with E-state index < -0.39 is 25.8 Å². The highest BCUT2D eigenvalue weighted by atomic mass is 32.2. The third-order valence-electron chi connectivity index (χ3n) is 5.86. The molecule has 0 bridgehead atoms. The third-order valence-corrected chi connectivity index (χ3v) is 9.46. The van der Waals surface area contributed by atoms with Gasteiger partial charge in [-0.05, 0) is 49.7 Å². The molecule has 0 spiro atoms. The van der Waals surface area contributed by atoms with E-state index in [2.05, 4.69) is 11.8 Å². The molecule has 0 atom stereocenters. The zero-order valence-electron chi connectivity index (χ0n) is 20.2. The molecule has 1 heterocycles. The van der Waals surface area contributed by atoms with Crippen molar-refractivity contribution in [3.05, 3.63) is 96.7 Å². The van der Waals surface area contributed by atoms with Crippen LogP contribution in [0.1, 0.15) is 30.3 Å². The number of para-hydroxylation sites is 1. The Labute approximate surface area is 217 Å². The molecule has 4 rings (SSSR count). The van der Waals surface area contributed by atoms with Crippen molar-refractivity contribution in [2.75, 3.05) is 13.1 Å². The van der Waals surface area contributed by atoms with E-state index in [1.54, 1.807) is 73.7 Å². The summed E-state index contributed by atoms with van der Waals surface area (Å²) in [5.41, 5.74) is 0.442. The molecular formula is C28H26N2O5S2. The lowest BCUT2D eigenvalue weighted by atomic mass is 10.1. The van der Waals surface area contributed by atoms with Gasteiger partial charge in [-0.1, -0.05) is 60.5 Å². The first-order chi connectivity index (χ1) is 17.8. The van der Waals surface area contributed by atoms with Crippen LogP contribution >= 0.6 is 0 Å². The van der Waals surface area contributed by atoms with E-state index in [1.165, 1.54) is 28.6 Å². The summed E-state index contributed by atoms with van der Waals surface area (Å²) in [6.45, 7) is 1.68. The molecule has 0 aliphatic heterocycles. The van der Waals surface area contributed by atoms with E-state index in [9.17, 15) is 21.6 Å². The topological polar surface area (TPSA) is 93.5 Å². The highest BCUT2D eigenvalue weighted by molar-refractivity contribution is 7.90. The van der Waals surface area contributed by atoms with Crippen molar-refractivity contribution in [2.24, 2.45) is 0 Å². The van der Waals surface area contributed by atoms with E-state index in [0.29, 0.717) is 10.9 Å². The number of hydrogen-bond acceptors (Lipinski definition) is 5. The Balaban J connectivity index is 1.61. The van der Waals surface area contributed by atoms with Gasteiger partial charge in [-0.25, -0.2) is 20.8 Å². The van der Waals surface area contributed by atoms with Crippen molar-refractivity contribution in [1.29, 1.82) is 0 Å². The van der Waals surface area contributed by atoms with Crippen molar-refractivity contribution < 1.29 is 21.6 Å². The standard InChI is InChI=1S/C28H26N2O5S2/c1-2-3-20-29(36(32,33)24-14-6-4-7-15-24)21-12-19-28(31)27-22-23-13-10-11-18-26(23)30(27)37(34,35)25-16-8-5-9-17-25/h4-11,13-18,22H,12,19-21H2,1H3. The predicted octanol–water partition coefficient (Wildman–Crippen LogP) is 4.56. The van der Waals surface area contributed by atoms with Gasteiger partial charge in [0.05, 0.1) is 21.9 Å². The van der Waals surface area contributed by atoms with Crippen LogP contribution in [0, 0.1) is 11.8 Å². The Bertz CT molecular complexity index is 1680. The van der Waals surface area contributed by atoms with Gasteiger partial charge in [0.1, 0.15) is 5.69 Å². The third kappa shape index (κ3) is 5.52. The van der Waals surface area contributed by atoms with Gasteiger partial charge in [-0.2, -0.15) is 4.31 Å². The van der Waals surface area contributed by atoms with Gasteiger partial charge in [0.2, 0.25) is 10.0 Å². The summed E-state index contributed by atoms with van der Waals surface area (Å²) in [5, 5.41) is 0.622. The molecule has 3 aromatic carbocycles. The second kappa shape index (κ2) is 11.1. The van der Waals surface area contributed by atoms with E-state index in [-0.39, 0.29) is 41.4 Å². The predicted molar refractivity (Wildman–Crippen MR) is 143 cm³/mol. The molecule has 0 aliphatic rings. The molecule has 0 amide bonds. The van der Waals surface area contributed by atoms with Crippen molar-refractivity contribution in [2.45, 2.75) is 29.6 Å². The van der Waals surface area contributed by atoms with Gasteiger partial charge in [0.15, 0.2) is 5.78 Å². The molecule has 0 aliphatic carbocycles. The summed E-state index contributed by atoms with van der Waals surface area (Å²) < 4.78 is 55.7. The molecule has 0 saturated carbocycles. The average molecular weight is 535 g/mol. The van der Waals surface area contributed by atoms with E-state index in [0.717, 1.165) is 3.97 Å². The van der Waals surface area contributed by atoms with Crippen LogP contribution in [0.5, 0.6) is 0 Å². The molecule has 190 valence electrons. The summed E-state index contributed by atoms with van der Waals surface area (Å²) in [6.07, 6.45) is 0.157. The van der Waals surface area contributed by atoms with Gasteiger partial charge < -0.3 is 0 Å². The number of rotatable bonds is 10. The second-order valence-electron chi connectivity index (χ2n) is 8.28. The summed E-state index contributed by atoms with van der Waals surface area (Å²) in [5.74, 6) is 5.10. The highest BCUT2D eigenvalue weighted by Gasteiger charge is 2.27. The minimum Gasteiger partial charge on any atom is -0.292 e. The molecule has 1 aromatic heterocycles. The maximum atomic E-state index is 13.5. The molecule has 7 nitrogen and oxygen atoms in total. The first kappa shape index (κ1) is 26.4. The number of Topliss-reactive ketones (excluding diaryl/α,β-unsaturated/α-hetero) is 1. The van der Waals surface area contributed by atoms with Gasteiger partial charge in [-0.15, -0.1) is 5.92 Å². The number of hydrogen-bond donors (Lipinski definition) is 0. The molecule has 4 aromatic rings. The fraction of sp³-hybridized carbons (Fsp3) is 0.179. The highest BCUT2D eigenvalue weighted by Crippen LogP contribution is 2.27. The molecule has 0 N–H and O–H groups in total. The molecule has 0 radical (unpaired) electrons. The maximum absolute atomic E-state index is 13.5. The average Bonchev–Trinajstić information content (AvgIpc) is 3.32. The van der Waals surface area contributed by atoms with E-state index in [4.69, 9.17) is 0 Å². The van der Waals surface area contributed by atoms with Gasteiger partial charge in [0, 0.05) is 18.4 Å². The Kier molecular flexibility index (Phi) is 7.93. The molecule has 0 unspecified atom stereocenters. The van der Waals surface area contributed by atoms with Crippen LogP contribution in [0.25, 0.3) is 10.9 Å². The lowest BCUT2D eigenvalue weighted by molar-refractivity contribution is 0.0972. The number of nitrogens with zero attached hydrogens (tertiary/aromatic N) is 2. The first-order valence-corrected chi connectivity index (χ1v) is 14.5. The minimum atomic E-state index is -4.04. The van der Waals surface area contributed by atoms with Crippen LogP contribution in [-0.2, 0) is 20.0 Å². The van der Waals surface area contributed by atoms with Crippen LogP contribution in [0.4, 0.5) is 0 Å². The number of fused-ring (bicyclic) bond motifs is 1. The Hall–Kier alpha value is -3.71. The molecular weight excluding hydrogens is 508 g/mol. The number of carbonyl (C=O) groups is 1. The molecule has 0 saturated heterocycles. The monoisotopic (exact) mass is 534 g/mol. The van der Waals surface area contributed by atoms with Crippen molar-refractivity contribution in [1.82, 2.24) is 8.28 Å². The summed E-state index contributed by atoms with van der Waals surface area (Å²) in [7, 11) is -7.84. The second-order valence-corrected chi connectivity index (χ2v) is 12.0. The van der Waals surface area contributed by atoms with Crippen molar-refractivity contribution in [3.63, 3.8) is 0 Å². The van der Waals surface area contributed by atoms with Crippen LogP contribution in [0.15, 0.2) is 101 Å². The number of sulfonamides is 1. The zero-order valence-corrected chi connectivity index (χ0v) is 21.9. The zero-order chi connectivity index (χ0) is 26.5. The Morgan fingerprint density at radius 3 is 2.08 bits per heavy atom. The Morgan fingerprint density at radius 1 is 0.838 bits per heavy atom. The minimum absolute atomic E-state index is 0.00936. The molecule has 0 fully saturated rings. The number of carbonyl (C=O) groups excluding carboxylic acids is 1. The lowest BCUT2D eigenvalue weighted by Gasteiger charge is -2.20. The van der Waals surface area contributed by atoms with Crippen molar-refractivity contribution in [3.8, 4) is 11.8 Å². The first-order valence-electron chi connectivity index (χ1n) is 11.7. The Morgan fingerprint density at radius 2 is 1.43 bits per heavy atom.